The molecule has 0 bridgehead atoms. The van der Waals surface area contributed by atoms with Crippen LogP contribution in [0.1, 0.15) is 12.8 Å². The van der Waals surface area contributed by atoms with E-state index < -0.39 is 15.8 Å². The number of carbonyl (C=O) groups is 2. The third-order valence-electron chi connectivity index (χ3n) is 4.53. The topological polar surface area (TPSA) is 83.5 Å². The summed E-state index contributed by atoms with van der Waals surface area (Å²) >= 11 is 6.12. The molecule has 2 aliphatic rings. The number of hydrogen-bond donors (Lipinski definition) is 1. The monoisotopic (exact) mass is 370 g/mol. The van der Waals surface area contributed by atoms with Crippen molar-refractivity contribution in [2.24, 2.45) is 11.8 Å². The van der Waals surface area contributed by atoms with E-state index in [9.17, 15) is 18.0 Å². The summed E-state index contributed by atoms with van der Waals surface area (Å²) in [4.78, 5) is 26.0. The molecule has 2 amide bonds. The first-order valence-electron chi connectivity index (χ1n) is 7.89. The van der Waals surface area contributed by atoms with Crippen LogP contribution in [0, 0.1) is 11.8 Å². The number of halogens is 1. The predicted octanol–water partition coefficient (Wildman–Crippen LogP) is 1.24. The van der Waals surface area contributed by atoms with Gasteiger partial charge < -0.3 is 10.2 Å². The standard InChI is InChI=1S/C16H19ClN2O4S/c17-13-3-1-2-4-14(13)19-9-12(7-15(19)20)16(21)18-8-11-5-6-24(22,23)10-11/h1-4,11-12H,5-10H2,(H,18,21). The fraction of sp³-hybridized carbons (Fsp3) is 0.500. The van der Waals surface area contributed by atoms with Crippen LogP contribution in [0.25, 0.3) is 0 Å². The van der Waals surface area contributed by atoms with Gasteiger partial charge in [0.05, 0.1) is 28.1 Å². The number of carbonyl (C=O) groups excluding carboxylic acids is 2. The Labute approximate surface area is 146 Å². The molecule has 0 radical (unpaired) electrons. The highest BCUT2D eigenvalue weighted by Gasteiger charge is 2.36. The van der Waals surface area contributed by atoms with E-state index in [0.29, 0.717) is 23.7 Å². The Kier molecular flexibility index (Phi) is 4.83. The van der Waals surface area contributed by atoms with E-state index in [-0.39, 0.29) is 42.2 Å². The third kappa shape index (κ3) is 3.72. The number of sulfone groups is 1. The van der Waals surface area contributed by atoms with Crippen LogP contribution >= 0.6 is 11.6 Å². The lowest BCUT2D eigenvalue weighted by Gasteiger charge is -2.18. The summed E-state index contributed by atoms with van der Waals surface area (Å²) in [6, 6.07) is 7.04. The molecule has 2 heterocycles. The highest BCUT2D eigenvalue weighted by atomic mass is 35.5. The molecular weight excluding hydrogens is 352 g/mol. The molecule has 0 aromatic heterocycles. The highest BCUT2D eigenvalue weighted by molar-refractivity contribution is 7.91. The van der Waals surface area contributed by atoms with Gasteiger partial charge in [0.25, 0.3) is 0 Å². The lowest BCUT2D eigenvalue weighted by Crippen LogP contribution is -2.36. The molecule has 0 aliphatic carbocycles. The van der Waals surface area contributed by atoms with Crippen molar-refractivity contribution < 1.29 is 18.0 Å². The maximum atomic E-state index is 12.3. The van der Waals surface area contributed by atoms with E-state index in [2.05, 4.69) is 5.32 Å². The summed E-state index contributed by atoms with van der Waals surface area (Å²) in [6.45, 7) is 0.631. The summed E-state index contributed by atoms with van der Waals surface area (Å²) in [7, 11) is -2.95. The maximum Gasteiger partial charge on any atom is 0.227 e. The van der Waals surface area contributed by atoms with Crippen molar-refractivity contribution in [1.29, 1.82) is 0 Å². The second kappa shape index (κ2) is 6.72. The molecule has 1 aromatic rings. The number of amides is 2. The van der Waals surface area contributed by atoms with Crippen molar-refractivity contribution in [3.8, 4) is 0 Å². The zero-order valence-corrected chi connectivity index (χ0v) is 14.6. The third-order valence-corrected chi connectivity index (χ3v) is 6.69. The first-order chi connectivity index (χ1) is 11.4. The fourth-order valence-electron chi connectivity index (χ4n) is 3.21. The Morgan fingerprint density at radius 1 is 1.33 bits per heavy atom. The normalized spacial score (nSPS) is 25.9. The molecule has 3 rings (SSSR count). The van der Waals surface area contributed by atoms with Gasteiger partial charge in [0.2, 0.25) is 11.8 Å². The summed E-state index contributed by atoms with van der Waals surface area (Å²) < 4.78 is 22.9. The molecule has 2 atom stereocenters. The van der Waals surface area contributed by atoms with Crippen molar-refractivity contribution in [2.45, 2.75) is 12.8 Å². The van der Waals surface area contributed by atoms with Crippen LogP contribution < -0.4 is 10.2 Å². The Bertz CT molecular complexity index is 765. The van der Waals surface area contributed by atoms with Crippen molar-refractivity contribution in [1.82, 2.24) is 5.32 Å². The van der Waals surface area contributed by atoms with Crippen LogP contribution in [0.5, 0.6) is 0 Å². The van der Waals surface area contributed by atoms with Crippen molar-refractivity contribution >= 4 is 38.9 Å². The van der Waals surface area contributed by atoms with Gasteiger partial charge in [-0.1, -0.05) is 23.7 Å². The largest absolute Gasteiger partial charge is 0.355 e. The highest BCUT2D eigenvalue weighted by Crippen LogP contribution is 2.31. The van der Waals surface area contributed by atoms with E-state index >= 15 is 0 Å². The Morgan fingerprint density at radius 2 is 2.08 bits per heavy atom. The number of para-hydroxylation sites is 1. The SMILES string of the molecule is O=C(NCC1CCS(=O)(=O)C1)C1CC(=O)N(c2ccccc2Cl)C1. The lowest BCUT2D eigenvalue weighted by molar-refractivity contribution is -0.126. The van der Waals surface area contributed by atoms with Gasteiger partial charge in [0, 0.05) is 19.5 Å². The van der Waals surface area contributed by atoms with Gasteiger partial charge >= 0.3 is 0 Å². The average molecular weight is 371 g/mol. The molecule has 6 nitrogen and oxygen atoms in total. The van der Waals surface area contributed by atoms with Gasteiger partial charge in [-0.25, -0.2) is 8.42 Å². The number of rotatable bonds is 4. The van der Waals surface area contributed by atoms with Crippen molar-refractivity contribution in [2.75, 3.05) is 29.5 Å². The molecule has 0 saturated carbocycles. The van der Waals surface area contributed by atoms with Crippen LogP contribution in [0.15, 0.2) is 24.3 Å². The molecule has 1 aromatic carbocycles. The predicted molar refractivity (Wildman–Crippen MR) is 91.7 cm³/mol. The van der Waals surface area contributed by atoms with Gasteiger partial charge in [-0.05, 0) is 24.5 Å². The number of hydrogen-bond acceptors (Lipinski definition) is 4. The Balaban J connectivity index is 1.57. The molecule has 1 N–H and O–H groups in total. The molecule has 8 heteroatoms. The fourth-order valence-corrected chi connectivity index (χ4v) is 5.31. The first-order valence-corrected chi connectivity index (χ1v) is 10.1. The van der Waals surface area contributed by atoms with Crippen molar-refractivity contribution in [3.05, 3.63) is 29.3 Å². The molecular formula is C16H19ClN2O4S. The summed E-state index contributed by atoms with van der Waals surface area (Å²) in [5.41, 5.74) is 0.612. The summed E-state index contributed by atoms with van der Waals surface area (Å²) in [6.07, 6.45) is 0.720. The smallest absolute Gasteiger partial charge is 0.227 e. The molecule has 24 heavy (non-hydrogen) atoms. The average Bonchev–Trinajstić information content (AvgIpc) is 3.08. The minimum Gasteiger partial charge on any atom is -0.355 e. The van der Waals surface area contributed by atoms with E-state index in [1.165, 1.54) is 4.90 Å². The number of anilines is 1. The van der Waals surface area contributed by atoms with Crippen LogP contribution in [0.4, 0.5) is 5.69 Å². The molecule has 2 aliphatic heterocycles. The number of nitrogens with zero attached hydrogens (tertiary/aromatic N) is 1. The second-order valence-electron chi connectivity index (χ2n) is 6.37. The van der Waals surface area contributed by atoms with Crippen LogP contribution in [0.2, 0.25) is 5.02 Å². The molecule has 2 saturated heterocycles. The zero-order chi connectivity index (χ0) is 17.3. The molecule has 2 fully saturated rings. The van der Waals surface area contributed by atoms with Gasteiger partial charge in [-0.15, -0.1) is 0 Å². The Hall–Kier alpha value is -1.60. The molecule has 130 valence electrons. The van der Waals surface area contributed by atoms with Crippen LogP contribution in [-0.4, -0.2) is 44.8 Å². The number of nitrogens with one attached hydrogen (secondary N) is 1. The van der Waals surface area contributed by atoms with E-state index in [1.54, 1.807) is 24.3 Å². The van der Waals surface area contributed by atoms with E-state index in [0.717, 1.165) is 0 Å². The maximum absolute atomic E-state index is 12.3. The lowest BCUT2D eigenvalue weighted by atomic mass is 10.1. The van der Waals surface area contributed by atoms with E-state index in [1.807, 2.05) is 0 Å². The first kappa shape index (κ1) is 17.2. The zero-order valence-electron chi connectivity index (χ0n) is 13.1. The van der Waals surface area contributed by atoms with Crippen LogP contribution in [0.3, 0.4) is 0 Å². The summed E-state index contributed by atoms with van der Waals surface area (Å²) in [5, 5.41) is 3.27. The quantitative estimate of drug-likeness (QED) is 0.864. The minimum absolute atomic E-state index is 0.0317. The minimum atomic E-state index is -2.95. The summed E-state index contributed by atoms with van der Waals surface area (Å²) in [5.74, 6) is -0.491. The van der Waals surface area contributed by atoms with E-state index in [4.69, 9.17) is 11.6 Å². The van der Waals surface area contributed by atoms with Crippen LogP contribution in [-0.2, 0) is 19.4 Å². The van der Waals surface area contributed by atoms with Gasteiger partial charge in [0.15, 0.2) is 9.84 Å². The van der Waals surface area contributed by atoms with Gasteiger partial charge in [0.1, 0.15) is 0 Å². The van der Waals surface area contributed by atoms with Crippen molar-refractivity contribution in [3.63, 3.8) is 0 Å². The second-order valence-corrected chi connectivity index (χ2v) is 9.01. The molecule has 0 spiro atoms. The molecule has 2 unspecified atom stereocenters. The number of benzene rings is 1. The van der Waals surface area contributed by atoms with Gasteiger partial charge in [-0.3, -0.25) is 9.59 Å². The Morgan fingerprint density at radius 3 is 2.75 bits per heavy atom. The van der Waals surface area contributed by atoms with Gasteiger partial charge in [-0.2, -0.15) is 0 Å².